The molecule has 0 saturated carbocycles. The van der Waals surface area contributed by atoms with E-state index >= 15 is 0 Å². The molecule has 0 aliphatic carbocycles. The van der Waals surface area contributed by atoms with Gasteiger partial charge in [0.2, 0.25) is 5.91 Å². The number of hydrogen-bond acceptors (Lipinski definition) is 3. The molecular formula is C20H23N3O2. The number of ether oxygens (including phenoxy) is 1. The van der Waals surface area contributed by atoms with Gasteiger partial charge in [-0.25, -0.2) is 0 Å². The fourth-order valence-electron chi connectivity index (χ4n) is 3.76. The van der Waals surface area contributed by atoms with Gasteiger partial charge < -0.3 is 9.64 Å². The highest BCUT2D eigenvalue weighted by molar-refractivity contribution is 5.84. The summed E-state index contributed by atoms with van der Waals surface area (Å²) in [6, 6.07) is 10.3. The van der Waals surface area contributed by atoms with Crippen LogP contribution in [0.5, 0.6) is 0 Å². The van der Waals surface area contributed by atoms with E-state index in [1.807, 2.05) is 47.9 Å². The third kappa shape index (κ3) is 2.89. The maximum absolute atomic E-state index is 13.1. The first-order chi connectivity index (χ1) is 12.1. The number of rotatable bonds is 3. The van der Waals surface area contributed by atoms with Crippen molar-refractivity contribution in [2.75, 3.05) is 19.7 Å². The third-order valence-corrected chi connectivity index (χ3v) is 5.36. The standard InChI is InChI=1S/C20H23N3O2/c1-14-18(12-21-22(14)2)19-17(9-11-25-19)20(24)23-10-8-16(13-23)15-6-4-3-5-7-15/h3-8,12,17,19H,9-11,13H2,1-2H3/t17-,19-/m0/s1. The number of nitrogens with zero attached hydrogens (tertiary/aromatic N) is 3. The lowest BCUT2D eigenvalue weighted by Gasteiger charge is -2.24. The Hall–Kier alpha value is -2.40. The van der Waals surface area contributed by atoms with Crippen LogP contribution in [-0.2, 0) is 16.6 Å². The average Bonchev–Trinajstić information content (AvgIpc) is 3.37. The molecule has 0 radical (unpaired) electrons. The molecule has 0 spiro atoms. The first kappa shape index (κ1) is 16.1. The molecule has 0 unspecified atom stereocenters. The van der Waals surface area contributed by atoms with E-state index in [0.717, 1.165) is 17.7 Å². The molecule has 5 nitrogen and oxygen atoms in total. The third-order valence-electron chi connectivity index (χ3n) is 5.36. The Morgan fingerprint density at radius 3 is 2.80 bits per heavy atom. The van der Waals surface area contributed by atoms with Crippen LogP contribution in [-0.4, -0.2) is 40.3 Å². The van der Waals surface area contributed by atoms with Gasteiger partial charge in [0.1, 0.15) is 0 Å². The first-order valence-electron chi connectivity index (χ1n) is 8.78. The van der Waals surface area contributed by atoms with E-state index in [1.165, 1.54) is 11.1 Å². The Morgan fingerprint density at radius 2 is 2.08 bits per heavy atom. The summed E-state index contributed by atoms with van der Waals surface area (Å²) >= 11 is 0. The summed E-state index contributed by atoms with van der Waals surface area (Å²) in [6.07, 6.45) is 4.59. The lowest BCUT2D eigenvalue weighted by atomic mass is 9.94. The molecule has 3 heterocycles. The van der Waals surface area contributed by atoms with Crippen molar-refractivity contribution in [1.29, 1.82) is 0 Å². The van der Waals surface area contributed by atoms with Crippen LogP contribution in [0.15, 0.2) is 42.6 Å². The summed E-state index contributed by atoms with van der Waals surface area (Å²) in [6.45, 7) is 4.01. The van der Waals surface area contributed by atoms with E-state index in [9.17, 15) is 4.79 Å². The van der Waals surface area contributed by atoms with Crippen molar-refractivity contribution in [1.82, 2.24) is 14.7 Å². The summed E-state index contributed by atoms with van der Waals surface area (Å²) in [4.78, 5) is 15.1. The Labute approximate surface area is 147 Å². The van der Waals surface area contributed by atoms with Crippen LogP contribution in [0.25, 0.3) is 5.57 Å². The molecule has 1 aromatic carbocycles. The number of aryl methyl sites for hydroxylation is 1. The molecule has 2 aliphatic rings. The van der Waals surface area contributed by atoms with Gasteiger partial charge in [-0.1, -0.05) is 36.4 Å². The van der Waals surface area contributed by atoms with Gasteiger partial charge in [0, 0.05) is 38.0 Å². The molecule has 1 saturated heterocycles. The zero-order valence-corrected chi connectivity index (χ0v) is 14.7. The molecule has 2 atom stereocenters. The van der Waals surface area contributed by atoms with Gasteiger partial charge in [0.25, 0.3) is 0 Å². The molecule has 1 aromatic heterocycles. The van der Waals surface area contributed by atoms with Crippen LogP contribution in [0.2, 0.25) is 0 Å². The molecule has 5 heteroatoms. The maximum Gasteiger partial charge on any atom is 0.229 e. The largest absolute Gasteiger partial charge is 0.373 e. The maximum atomic E-state index is 13.1. The molecule has 1 fully saturated rings. The van der Waals surface area contributed by atoms with Crippen molar-refractivity contribution in [3.63, 3.8) is 0 Å². The van der Waals surface area contributed by atoms with Crippen molar-refractivity contribution in [3.05, 3.63) is 59.4 Å². The minimum atomic E-state index is -0.179. The second-order valence-corrected chi connectivity index (χ2v) is 6.81. The van der Waals surface area contributed by atoms with Gasteiger partial charge in [-0.2, -0.15) is 5.10 Å². The van der Waals surface area contributed by atoms with Crippen molar-refractivity contribution in [3.8, 4) is 0 Å². The van der Waals surface area contributed by atoms with Crippen LogP contribution in [0.4, 0.5) is 0 Å². The molecule has 0 bridgehead atoms. The van der Waals surface area contributed by atoms with Crippen molar-refractivity contribution in [2.24, 2.45) is 13.0 Å². The molecule has 4 rings (SSSR count). The molecule has 130 valence electrons. The van der Waals surface area contributed by atoms with Crippen LogP contribution < -0.4 is 0 Å². The van der Waals surface area contributed by atoms with Gasteiger partial charge in [-0.3, -0.25) is 9.48 Å². The smallest absolute Gasteiger partial charge is 0.229 e. The van der Waals surface area contributed by atoms with Crippen LogP contribution in [0.3, 0.4) is 0 Å². The second kappa shape index (κ2) is 6.48. The van der Waals surface area contributed by atoms with E-state index < -0.39 is 0 Å². The highest BCUT2D eigenvalue weighted by Gasteiger charge is 2.39. The predicted octanol–water partition coefficient (Wildman–Crippen LogP) is 2.73. The fourth-order valence-corrected chi connectivity index (χ4v) is 3.76. The minimum absolute atomic E-state index is 0.119. The molecule has 2 aromatic rings. The Bertz CT molecular complexity index is 810. The number of aromatic nitrogens is 2. The zero-order chi connectivity index (χ0) is 17.4. The summed E-state index contributed by atoms with van der Waals surface area (Å²) in [5, 5.41) is 4.31. The first-order valence-corrected chi connectivity index (χ1v) is 8.78. The zero-order valence-electron chi connectivity index (χ0n) is 14.7. The molecule has 25 heavy (non-hydrogen) atoms. The summed E-state index contributed by atoms with van der Waals surface area (Å²) in [5.41, 5.74) is 4.52. The lowest BCUT2D eigenvalue weighted by molar-refractivity contribution is -0.136. The quantitative estimate of drug-likeness (QED) is 0.865. The van der Waals surface area contributed by atoms with Gasteiger partial charge in [-0.15, -0.1) is 0 Å². The molecule has 0 N–H and O–H groups in total. The second-order valence-electron chi connectivity index (χ2n) is 6.81. The van der Waals surface area contributed by atoms with E-state index in [4.69, 9.17) is 4.74 Å². The van der Waals surface area contributed by atoms with E-state index in [0.29, 0.717) is 19.7 Å². The fraction of sp³-hybridized carbons (Fsp3) is 0.400. The summed E-state index contributed by atoms with van der Waals surface area (Å²) in [7, 11) is 1.92. The van der Waals surface area contributed by atoms with Crippen LogP contribution in [0.1, 0.15) is 29.3 Å². The van der Waals surface area contributed by atoms with Gasteiger partial charge in [0.05, 0.1) is 18.2 Å². The number of benzene rings is 1. The summed E-state index contributed by atoms with van der Waals surface area (Å²) in [5.74, 6) is 0.0688. The monoisotopic (exact) mass is 337 g/mol. The van der Waals surface area contributed by atoms with E-state index in [1.54, 1.807) is 0 Å². The van der Waals surface area contributed by atoms with Crippen molar-refractivity contribution in [2.45, 2.75) is 19.4 Å². The minimum Gasteiger partial charge on any atom is -0.373 e. The SMILES string of the molecule is Cc1c([C@H]2OCC[C@@H]2C(=O)N2CC=C(c3ccccc3)C2)cnn1C. The van der Waals surface area contributed by atoms with E-state index in [2.05, 4.69) is 23.3 Å². The Balaban J connectivity index is 1.49. The van der Waals surface area contributed by atoms with Gasteiger partial charge >= 0.3 is 0 Å². The number of carbonyl (C=O) groups is 1. The Morgan fingerprint density at radius 1 is 1.28 bits per heavy atom. The number of carbonyl (C=O) groups excluding carboxylic acids is 1. The predicted molar refractivity (Wildman–Crippen MR) is 95.7 cm³/mol. The Kier molecular flexibility index (Phi) is 4.17. The molecule has 1 amide bonds. The van der Waals surface area contributed by atoms with Crippen LogP contribution >= 0.6 is 0 Å². The lowest BCUT2D eigenvalue weighted by Crippen LogP contribution is -2.36. The summed E-state index contributed by atoms with van der Waals surface area (Å²) < 4.78 is 7.76. The highest BCUT2D eigenvalue weighted by atomic mass is 16.5. The van der Waals surface area contributed by atoms with Gasteiger partial charge in [0.15, 0.2) is 0 Å². The van der Waals surface area contributed by atoms with Gasteiger partial charge in [-0.05, 0) is 24.5 Å². The van der Waals surface area contributed by atoms with Crippen LogP contribution in [0, 0.1) is 12.8 Å². The molecule has 2 aliphatic heterocycles. The number of hydrogen-bond donors (Lipinski definition) is 0. The normalized spacial score (nSPS) is 23.1. The van der Waals surface area contributed by atoms with Crippen molar-refractivity contribution < 1.29 is 9.53 Å². The number of amides is 1. The molecular weight excluding hydrogens is 314 g/mol. The van der Waals surface area contributed by atoms with Crippen molar-refractivity contribution >= 4 is 11.5 Å². The van der Waals surface area contributed by atoms with E-state index in [-0.39, 0.29) is 17.9 Å². The topological polar surface area (TPSA) is 47.4 Å². The average molecular weight is 337 g/mol. The highest BCUT2D eigenvalue weighted by Crippen LogP contribution is 2.38.